The summed E-state index contributed by atoms with van der Waals surface area (Å²) < 4.78 is 0. The summed E-state index contributed by atoms with van der Waals surface area (Å²) in [5.41, 5.74) is -7.39. The molecule has 0 saturated carbocycles. The van der Waals surface area contributed by atoms with Crippen LogP contribution in [0.15, 0.2) is 24.3 Å². The summed E-state index contributed by atoms with van der Waals surface area (Å²) in [6.07, 6.45) is 0. The summed E-state index contributed by atoms with van der Waals surface area (Å²) in [5, 5.41) is 42.8. The summed E-state index contributed by atoms with van der Waals surface area (Å²) in [4.78, 5) is 52.5. The maximum absolute atomic E-state index is 12.8. The Morgan fingerprint density at radius 2 is 1.21 bits per heavy atom. The highest BCUT2D eigenvalue weighted by Gasteiger charge is 2.46. The van der Waals surface area contributed by atoms with E-state index >= 15 is 0 Å². The first-order chi connectivity index (χ1) is 13.0. The maximum atomic E-state index is 12.8. The number of carbonyl (C=O) groups excluding carboxylic acids is 1. The average Bonchev–Trinajstić information content (AvgIpc) is 2.61. The molecular formula is C13H4Cl2N4O9. The number of hydrogen-bond acceptors (Lipinski definition) is 9. The van der Waals surface area contributed by atoms with Crippen LogP contribution in [0.1, 0.15) is 15.9 Å². The van der Waals surface area contributed by atoms with Crippen molar-refractivity contribution in [2.24, 2.45) is 0 Å². The number of nitro groups is 4. The van der Waals surface area contributed by atoms with Crippen molar-refractivity contribution in [1.82, 2.24) is 0 Å². The largest absolute Gasteiger partial charge is 0.424 e. The van der Waals surface area contributed by atoms with E-state index < -0.39 is 69.4 Å². The van der Waals surface area contributed by atoms with E-state index in [1.807, 2.05) is 0 Å². The fourth-order valence-electron chi connectivity index (χ4n) is 2.34. The summed E-state index contributed by atoms with van der Waals surface area (Å²) in [6, 6.07) is 4.24. The second kappa shape index (κ2) is 7.50. The van der Waals surface area contributed by atoms with Crippen LogP contribution < -0.4 is 0 Å². The van der Waals surface area contributed by atoms with E-state index in [1.54, 1.807) is 0 Å². The molecule has 2 rings (SSSR count). The fourth-order valence-corrected chi connectivity index (χ4v) is 2.85. The molecule has 2 aromatic rings. The smallest absolute Gasteiger partial charge is 0.288 e. The van der Waals surface area contributed by atoms with Crippen molar-refractivity contribution in [3.63, 3.8) is 0 Å². The van der Waals surface area contributed by atoms with Gasteiger partial charge < -0.3 is 0 Å². The summed E-state index contributed by atoms with van der Waals surface area (Å²) in [6.45, 7) is 0. The van der Waals surface area contributed by atoms with Crippen LogP contribution in [0.25, 0.3) is 0 Å². The molecule has 0 heterocycles. The molecule has 144 valence electrons. The van der Waals surface area contributed by atoms with Crippen molar-refractivity contribution in [1.29, 1.82) is 0 Å². The van der Waals surface area contributed by atoms with Crippen LogP contribution in [0.3, 0.4) is 0 Å². The van der Waals surface area contributed by atoms with Crippen LogP contribution in [0.4, 0.5) is 22.7 Å². The Balaban J connectivity index is 3.03. The molecule has 0 amide bonds. The van der Waals surface area contributed by atoms with Crippen molar-refractivity contribution in [3.8, 4) is 0 Å². The Hall–Kier alpha value is -3.71. The minimum absolute atomic E-state index is 0.684. The van der Waals surface area contributed by atoms with Gasteiger partial charge in [0, 0.05) is 6.07 Å². The lowest BCUT2D eigenvalue weighted by Crippen LogP contribution is -2.12. The van der Waals surface area contributed by atoms with Gasteiger partial charge in [-0.1, -0.05) is 35.3 Å². The lowest BCUT2D eigenvalue weighted by Gasteiger charge is -2.08. The normalized spacial score (nSPS) is 10.4. The third kappa shape index (κ3) is 3.30. The van der Waals surface area contributed by atoms with Crippen molar-refractivity contribution in [2.75, 3.05) is 0 Å². The van der Waals surface area contributed by atoms with E-state index in [1.165, 1.54) is 12.1 Å². The van der Waals surface area contributed by atoms with Crippen LogP contribution in [0.5, 0.6) is 0 Å². The number of carbonyl (C=O) groups is 1. The molecule has 0 unspecified atom stereocenters. The number of benzene rings is 2. The van der Waals surface area contributed by atoms with Gasteiger partial charge in [0.2, 0.25) is 5.78 Å². The Morgan fingerprint density at radius 3 is 1.68 bits per heavy atom. The zero-order valence-corrected chi connectivity index (χ0v) is 14.5. The van der Waals surface area contributed by atoms with E-state index in [4.69, 9.17) is 23.2 Å². The van der Waals surface area contributed by atoms with Gasteiger partial charge in [0.05, 0.1) is 24.7 Å². The van der Waals surface area contributed by atoms with Crippen LogP contribution >= 0.6 is 23.2 Å². The van der Waals surface area contributed by atoms with Gasteiger partial charge in [-0.15, -0.1) is 0 Å². The number of rotatable bonds is 6. The van der Waals surface area contributed by atoms with E-state index in [-0.39, 0.29) is 0 Å². The Kier molecular flexibility index (Phi) is 5.51. The molecule has 13 nitrogen and oxygen atoms in total. The Labute approximate surface area is 162 Å². The molecule has 0 aliphatic heterocycles. The number of hydrogen-bond donors (Lipinski definition) is 0. The second-order valence-corrected chi connectivity index (χ2v) is 5.68. The first kappa shape index (κ1) is 20.6. The maximum Gasteiger partial charge on any atom is 0.424 e. The van der Waals surface area contributed by atoms with Gasteiger partial charge in [-0.25, -0.2) is 0 Å². The van der Waals surface area contributed by atoms with E-state index in [0.29, 0.717) is 0 Å². The molecule has 0 saturated heterocycles. The molecule has 0 aliphatic rings. The zero-order chi connectivity index (χ0) is 21.3. The number of ketones is 1. The number of halogens is 2. The zero-order valence-electron chi connectivity index (χ0n) is 13.0. The second-order valence-electron chi connectivity index (χ2n) is 4.92. The lowest BCUT2D eigenvalue weighted by atomic mass is 9.98. The monoisotopic (exact) mass is 430 g/mol. The van der Waals surface area contributed by atoms with Crippen molar-refractivity contribution in [3.05, 3.63) is 85.9 Å². The van der Waals surface area contributed by atoms with Crippen LogP contribution in [0.2, 0.25) is 10.0 Å². The number of nitro benzene ring substituents is 4. The van der Waals surface area contributed by atoms with Crippen molar-refractivity contribution < 1.29 is 24.5 Å². The van der Waals surface area contributed by atoms with Crippen molar-refractivity contribution in [2.45, 2.75) is 0 Å². The van der Waals surface area contributed by atoms with Crippen molar-refractivity contribution >= 4 is 51.7 Å². The standard InChI is InChI=1S/C13H4Cl2N4O9/c14-8-7(13(20)5-3-1-2-4-6(5)16(21)22)10(17(23)24)12(19(27)28)11(9(8)15)18(25)26/h1-4H. The molecule has 0 atom stereocenters. The molecule has 0 aromatic heterocycles. The quantitative estimate of drug-likeness (QED) is 0.371. The highest BCUT2D eigenvalue weighted by Crippen LogP contribution is 2.49. The minimum Gasteiger partial charge on any atom is -0.288 e. The highest BCUT2D eigenvalue weighted by atomic mass is 35.5. The summed E-state index contributed by atoms with van der Waals surface area (Å²) >= 11 is 11.5. The SMILES string of the molecule is O=C(c1ccccc1[N+](=O)[O-])c1c(Cl)c(Cl)c([N+](=O)[O-])c([N+](=O)[O-])c1[N+](=O)[O-]. The van der Waals surface area contributed by atoms with Gasteiger partial charge in [-0.3, -0.25) is 45.3 Å². The average molecular weight is 431 g/mol. The molecule has 0 bridgehead atoms. The molecule has 0 radical (unpaired) electrons. The molecule has 0 fully saturated rings. The molecular weight excluding hydrogens is 427 g/mol. The fraction of sp³-hybridized carbons (Fsp3) is 0. The van der Waals surface area contributed by atoms with Gasteiger partial charge in [0.25, 0.3) is 5.69 Å². The van der Waals surface area contributed by atoms with Gasteiger partial charge in [-0.05, 0) is 6.07 Å². The predicted molar refractivity (Wildman–Crippen MR) is 93.0 cm³/mol. The van der Waals surface area contributed by atoms with E-state index in [2.05, 4.69) is 0 Å². The molecule has 2 aromatic carbocycles. The first-order valence-electron chi connectivity index (χ1n) is 6.76. The number of nitrogens with zero attached hydrogens (tertiary/aromatic N) is 4. The molecule has 0 spiro atoms. The van der Waals surface area contributed by atoms with Crippen LogP contribution in [-0.2, 0) is 0 Å². The summed E-state index contributed by atoms with van der Waals surface area (Å²) in [7, 11) is 0. The molecule has 0 N–H and O–H groups in total. The lowest BCUT2D eigenvalue weighted by molar-refractivity contribution is -0.441. The van der Waals surface area contributed by atoms with E-state index in [0.717, 1.165) is 12.1 Å². The Morgan fingerprint density at radius 1 is 0.714 bits per heavy atom. The van der Waals surface area contributed by atoms with Gasteiger partial charge in [-0.2, -0.15) is 0 Å². The van der Waals surface area contributed by atoms with Crippen LogP contribution in [0, 0.1) is 40.5 Å². The summed E-state index contributed by atoms with van der Waals surface area (Å²) in [5.74, 6) is -1.44. The van der Waals surface area contributed by atoms with Gasteiger partial charge >= 0.3 is 17.1 Å². The predicted octanol–water partition coefficient (Wildman–Crippen LogP) is 3.86. The van der Waals surface area contributed by atoms with Crippen LogP contribution in [-0.4, -0.2) is 25.5 Å². The highest BCUT2D eigenvalue weighted by molar-refractivity contribution is 6.46. The minimum atomic E-state index is -1.67. The van der Waals surface area contributed by atoms with Gasteiger partial charge in [0.1, 0.15) is 16.1 Å². The molecule has 0 aliphatic carbocycles. The Bertz CT molecular complexity index is 1090. The first-order valence-corrected chi connectivity index (χ1v) is 7.52. The van der Waals surface area contributed by atoms with E-state index in [9.17, 15) is 45.3 Å². The van der Waals surface area contributed by atoms with Gasteiger partial charge in [0.15, 0.2) is 0 Å². The molecule has 15 heteroatoms. The molecule has 28 heavy (non-hydrogen) atoms. The number of para-hydroxylation sites is 1. The third-order valence-electron chi connectivity index (χ3n) is 3.43. The third-order valence-corrected chi connectivity index (χ3v) is 4.27. The topological polar surface area (TPSA) is 190 Å².